The van der Waals surface area contributed by atoms with Crippen molar-refractivity contribution in [2.75, 3.05) is 19.6 Å². The van der Waals surface area contributed by atoms with Gasteiger partial charge in [-0.25, -0.2) is 0 Å². The van der Waals surface area contributed by atoms with Crippen LogP contribution in [0, 0.1) is 17.8 Å². The first-order valence-electron chi connectivity index (χ1n) is 7.56. The molecule has 17 heavy (non-hydrogen) atoms. The van der Waals surface area contributed by atoms with Gasteiger partial charge in [0.25, 0.3) is 0 Å². The molecule has 4 atom stereocenters. The molecule has 1 fully saturated rings. The summed E-state index contributed by atoms with van der Waals surface area (Å²) in [6, 6.07) is 0.421. The predicted molar refractivity (Wildman–Crippen MR) is 76.0 cm³/mol. The molecule has 0 radical (unpaired) electrons. The van der Waals surface area contributed by atoms with Gasteiger partial charge in [0, 0.05) is 12.6 Å². The quantitative estimate of drug-likeness (QED) is 0.773. The molecule has 0 bridgehead atoms. The number of nitrogens with zero attached hydrogens (tertiary/aromatic N) is 1. The Morgan fingerprint density at radius 1 is 1.18 bits per heavy atom. The average molecular weight is 240 g/mol. The van der Waals surface area contributed by atoms with E-state index in [1.54, 1.807) is 0 Å². The Kier molecular flexibility index (Phi) is 6.50. The van der Waals surface area contributed by atoms with Crippen LogP contribution in [-0.2, 0) is 0 Å². The molecule has 2 N–H and O–H groups in total. The fourth-order valence-electron chi connectivity index (χ4n) is 3.34. The van der Waals surface area contributed by atoms with Crippen LogP contribution in [0.3, 0.4) is 0 Å². The van der Waals surface area contributed by atoms with Gasteiger partial charge in [-0.15, -0.1) is 0 Å². The number of unbranched alkanes of at least 4 members (excludes halogenated alkanes) is 1. The van der Waals surface area contributed by atoms with Gasteiger partial charge in [0.2, 0.25) is 0 Å². The van der Waals surface area contributed by atoms with Gasteiger partial charge in [0.05, 0.1) is 0 Å². The van der Waals surface area contributed by atoms with Gasteiger partial charge in [-0.05, 0) is 50.1 Å². The molecule has 0 aromatic heterocycles. The lowest BCUT2D eigenvalue weighted by molar-refractivity contribution is 0.119. The third kappa shape index (κ3) is 4.59. The Balaban J connectivity index is 2.46. The molecule has 0 amide bonds. The van der Waals surface area contributed by atoms with Gasteiger partial charge in [-0.2, -0.15) is 0 Å². The largest absolute Gasteiger partial charge is 0.327 e. The van der Waals surface area contributed by atoms with Gasteiger partial charge in [-0.1, -0.05) is 34.1 Å². The van der Waals surface area contributed by atoms with Crippen molar-refractivity contribution >= 4 is 0 Å². The van der Waals surface area contributed by atoms with E-state index in [1.807, 2.05) is 0 Å². The van der Waals surface area contributed by atoms with Crippen LogP contribution >= 0.6 is 0 Å². The summed E-state index contributed by atoms with van der Waals surface area (Å²) in [6.07, 6.45) is 5.20. The smallest absolute Gasteiger partial charge is 0.00844 e. The highest BCUT2D eigenvalue weighted by Gasteiger charge is 2.32. The average Bonchev–Trinajstić information content (AvgIpc) is 2.27. The topological polar surface area (TPSA) is 29.3 Å². The zero-order chi connectivity index (χ0) is 12.8. The van der Waals surface area contributed by atoms with E-state index in [9.17, 15) is 0 Å². The van der Waals surface area contributed by atoms with Gasteiger partial charge >= 0.3 is 0 Å². The first-order valence-corrected chi connectivity index (χ1v) is 7.56. The summed E-state index contributed by atoms with van der Waals surface area (Å²) in [6.45, 7) is 12.9. The highest BCUT2D eigenvalue weighted by molar-refractivity contribution is 4.87. The third-order valence-corrected chi connectivity index (χ3v) is 4.47. The molecule has 2 nitrogen and oxygen atoms in total. The first-order chi connectivity index (χ1) is 8.08. The molecule has 0 heterocycles. The highest BCUT2D eigenvalue weighted by Crippen LogP contribution is 2.33. The van der Waals surface area contributed by atoms with Crippen molar-refractivity contribution in [3.63, 3.8) is 0 Å². The van der Waals surface area contributed by atoms with Crippen molar-refractivity contribution in [2.24, 2.45) is 23.5 Å². The Morgan fingerprint density at radius 3 is 2.41 bits per heavy atom. The Labute approximate surface area is 108 Å². The van der Waals surface area contributed by atoms with E-state index in [1.165, 1.54) is 45.3 Å². The molecule has 0 aromatic carbocycles. The van der Waals surface area contributed by atoms with Crippen LogP contribution in [0.25, 0.3) is 0 Å². The monoisotopic (exact) mass is 240 g/mol. The minimum absolute atomic E-state index is 0.421. The van der Waals surface area contributed by atoms with E-state index in [2.05, 4.69) is 32.6 Å². The van der Waals surface area contributed by atoms with Crippen LogP contribution in [0.5, 0.6) is 0 Å². The van der Waals surface area contributed by atoms with E-state index in [-0.39, 0.29) is 0 Å². The van der Waals surface area contributed by atoms with Crippen molar-refractivity contribution in [1.29, 1.82) is 0 Å². The first kappa shape index (κ1) is 15.0. The third-order valence-electron chi connectivity index (χ3n) is 4.47. The lowest BCUT2D eigenvalue weighted by Crippen LogP contribution is -2.46. The van der Waals surface area contributed by atoms with Crippen LogP contribution in [0.2, 0.25) is 0 Å². The molecule has 0 saturated heterocycles. The second-order valence-corrected chi connectivity index (χ2v) is 6.13. The second-order valence-electron chi connectivity index (χ2n) is 6.13. The molecule has 1 rings (SSSR count). The fourth-order valence-corrected chi connectivity index (χ4v) is 3.34. The maximum Gasteiger partial charge on any atom is 0.00844 e. The fraction of sp³-hybridized carbons (Fsp3) is 1.00. The zero-order valence-corrected chi connectivity index (χ0v) is 12.3. The van der Waals surface area contributed by atoms with Crippen molar-refractivity contribution in [3.05, 3.63) is 0 Å². The van der Waals surface area contributed by atoms with Crippen molar-refractivity contribution in [2.45, 2.75) is 59.4 Å². The van der Waals surface area contributed by atoms with Crippen LogP contribution in [0.4, 0.5) is 0 Å². The van der Waals surface area contributed by atoms with Gasteiger partial charge in [-0.3, -0.25) is 0 Å². The van der Waals surface area contributed by atoms with Gasteiger partial charge in [0.1, 0.15) is 0 Å². The molecule has 4 unspecified atom stereocenters. The van der Waals surface area contributed by atoms with Crippen molar-refractivity contribution in [1.82, 2.24) is 4.90 Å². The van der Waals surface area contributed by atoms with E-state index in [4.69, 9.17) is 5.73 Å². The Morgan fingerprint density at radius 2 is 1.88 bits per heavy atom. The highest BCUT2D eigenvalue weighted by atomic mass is 15.1. The molecule has 1 aliphatic carbocycles. The predicted octanol–water partition coefficient (Wildman–Crippen LogP) is 3.12. The standard InChI is InChI=1S/C15H32N2/c1-5-7-8-17(6-2)11-14-13(4)9-12(3)10-15(14)16/h12-15H,5-11,16H2,1-4H3. The molecular formula is C15H32N2. The van der Waals surface area contributed by atoms with Crippen LogP contribution in [0.1, 0.15) is 53.4 Å². The van der Waals surface area contributed by atoms with Crippen molar-refractivity contribution < 1.29 is 0 Å². The van der Waals surface area contributed by atoms with E-state index in [0.29, 0.717) is 12.0 Å². The summed E-state index contributed by atoms with van der Waals surface area (Å²) in [4.78, 5) is 2.60. The zero-order valence-electron chi connectivity index (χ0n) is 12.3. The van der Waals surface area contributed by atoms with Gasteiger partial charge < -0.3 is 10.6 Å². The van der Waals surface area contributed by atoms with E-state index < -0.39 is 0 Å². The summed E-state index contributed by atoms with van der Waals surface area (Å²) in [5, 5.41) is 0. The maximum atomic E-state index is 6.36. The Bertz CT molecular complexity index is 193. The molecule has 2 heteroatoms. The summed E-state index contributed by atoms with van der Waals surface area (Å²) in [5.41, 5.74) is 6.36. The number of rotatable bonds is 6. The Hall–Kier alpha value is -0.0800. The molecule has 0 aliphatic heterocycles. The summed E-state index contributed by atoms with van der Waals surface area (Å²) in [7, 11) is 0. The summed E-state index contributed by atoms with van der Waals surface area (Å²) in [5.74, 6) is 2.33. The van der Waals surface area contributed by atoms with Crippen molar-refractivity contribution in [3.8, 4) is 0 Å². The van der Waals surface area contributed by atoms with Crippen LogP contribution < -0.4 is 5.73 Å². The van der Waals surface area contributed by atoms with E-state index >= 15 is 0 Å². The normalized spacial score (nSPS) is 34.2. The molecule has 0 aromatic rings. The van der Waals surface area contributed by atoms with Crippen LogP contribution in [-0.4, -0.2) is 30.6 Å². The number of hydrogen-bond donors (Lipinski definition) is 1. The summed E-state index contributed by atoms with van der Waals surface area (Å²) >= 11 is 0. The SMILES string of the molecule is CCCCN(CC)CC1C(C)CC(C)CC1N. The van der Waals surface area contributed by atoms with E-state index in [0.717, 1.165) is 11.8 Å². The van der Waals surface area contributed by atoms with Crippen LogP contribution in [0.15, 0.2) is 0 Å². The molecular weight excluding hydrogens is 208 g/mol. The minimum atomic E-state index is 0.421. The molecule has 1 saturated carbocycles. The number of hydrogen-bond acceptors (Lipinski definition) is 2. The molecule has 0 spiro atoms. The molecule has 102 valence electrons. The minimum Gasteiger partial charge on any atom is -0.327 e. The summed E-state index contributed by atoms with van der Waals surface area (Å²) < 4.78 is 0. The number of nitrogens with two attached hydrogens (primary N) is 1. The lowest BCUT2D eigenvalue weighted by atomic mass is 9.72. The second kappa shape index (κ2) is 7.38. The lowest BCUT2D eigenvalue weighted by Gasteiger charge is -2.40. The molecule has 1 aliphatic rings. The maximum absolute atomic E-state index is 6.36. The van der Waals surface area contributed by atoms with Gasteiger partial charge in [0.15, 0.2) is 0 Å².